The molecular weight excluding hydrogens is 206 g/mol. The molecule has 0 radical (unpaired) electrons. The highest BCUT2D eigenvalue weighted by molar-refractivity contribution is 4.98. The average molecular weight is 229 g/mol. The van der Waals surface area contributed by atoms with Gasteiger partial charge in [0, 0.05) is 25.1 Å². The summed E-state index contributed by atoms with van der Waals surface area (Å²) >= 11 is 0. The van der Waals surface area contributed by atoms with Crippen molar-refractivity contribution in [2.45, 2.75) is 57.3 Å². The number of hydrogen-bond donors (Lipinski definition) is 2. The molecule has 2 N–H and O–H groups in total. The third-order valence-corrected chi connectivity index (χ3v) is 3.80. The summed E-state index contributed by atoms with van der Waals surface area (Å²) in [5.41, 5.74) is -0.704. The van der Waals surface area contributed by atoms with Crippen molar-refractivity contribution in [3.63, 3.8) is 0 Å². The van der Waals surface area contributed by atoms with Crippen molar-refractivity contribution in [1.82, 2.24) is 5.06 Å². The van der Waals surface area contributed by atoms with Gasteiger partial charge in [0.25, 0.3) is 0 Å². The normalized spacial score (nSPS) is 35.6. The third kappa shape index (κ3) is 2.25. The number of aliphatic hydroxyl groups is 2. The van der Waals surface area contributed by atoms with Crippen LogP contribution in [0.5, 0.6) is 0 Å². The Balaban J connectivity index is 2.07. The Morgan fingerprint density at radius 1 is 1.44 bits per heavy atom. The van der Waals surface area contributed by atoms with E-state index >= 15 is 0 Å². The fourth-order valence-corrected chi connectivity index (χ4v) is 3.19. The largest absolute Gasteiger partial charge is 0.396 e. The Morgan fingerprint density at radius 2 is 2.19 bits per heavy atom. The second kappa shape index (κ2) is 4.61. The number of nitrogens with zero attached hydrogens (tertiary/aromatic N) is 1. The lowest BCUT2D eigenvalue weighted by Gasteiger charge is -2.32. The van der Waals surface area contributed by atoms with Crippen molar-refractivity contribution in [1.29, 1.82) is 0 Å². The molecular formula is C12H23NO3. The summed E-state index contributed by atoms with van der Waals surface area (Å²) < 4.78 is 0. The molecule has 2 heterocycles. The molecule has 4 nitrogen and oxygen atoms in total. The van der Waals surface area contributed by atoms with E-state index in [9.17, 15) is 5.11 Å². The van der Waals surface area contributed by atoms with Crippen molar-refractivity contribution in [2.75, 3.05) is 13.2 Å². The first-order chi connectivity index (χ1) is 7.54. The molecule has 16 heavy (non-hydrogen) atoms. The molecule has 0 spiro atoms. The molecule has 2 saturated heterocycles. The predicted octanol–water partition coefficient (Wildman–Crippen LogP) is 0.924. The zero-order chi connectivity index (χ0) is 11.8. The molecule has 0 aromatic heterocycles. The minimum atomic E-state index is -0.704. The van der Waals surface area contributed by atoms with Gasteiger partial charge in [0.05, 0.1) is 11.7 Å². The quantitative estimate of drug-likeness (QED) is 0.753. The summed E-state index contributed by atoms with van der Waals surface area (Å²) in [6, 6.07) is 0.365. The Bertz CT molecular complexity index is 239. The lowest BCUT2D eigenvalue weighted by molar-refractivity contribution is -0.153. The zero-order valence-corrected chi connectivity index (χ0v) is 10.2. The Labute approximate surface area is 97.2 Å². The standard InChI is InChI=1S/C12H23NO3/c1-12(2,15)11-9-5-3-7-13(9)16-10(11)6-4-8-14/h9-11,14-15H,3-8H2,1-2H3/t9-,10-,11-/m0/s1. The molecule has 2 rings (SSSR count). The molecule has 3 atom stereocenters. The van der Waals surface area contributed by atoms with E-state index in [0.29, 0.717) is 6.04 Å². The Morgan fingerprint density at radius 3 is 2.81 bits per heavy atom. The Kier molecular flexibility index (Phi) is 3.54. The molecule has 0 aliphatic carbocycles. The van der Waals surface area contributed by atoms with Crippen LogP contribution in [0, 0.1) is 5.92 Å². The van der Waals surface area contributed by atoms with E-state index in [0.717, 1.165) is 32.2 Å². The highest BCUT2D eigenvalue weighted by atomic mass is 16.7. The molecule has 94 valence electrons. The van der Waals surface area contributed by atoms with Crippen molar-refractivity contribution < 1.29 is 15.1 Å². The molecule has 0 unspecified atom stereocenters. The van der Waals surface area contributed by atoms with Gasteiger partial charge in [-0.25, -0.2) is 0 Å². The van der Waals surface area contributed by atoms with E-state index in [1.165, 1.54) is 0 Å². The maximum atomic E-state index is 10.3. The van der Waals surface area contributed by atoms with E-state index in [2.05, 4.69) is 0 Å². The van der Waals surface area contributed by atoms with Crippen LogP contribution in [0.4, 0.5) is 0 Å². The van der Waals surface area contributed by atoms with Crippen LogP contribution in [0.25, 0.3) is 0 Å². The van der Waals surface area contributed by atoms with Crippen molar-refractivity contribution in [2.24, 2.45) is 5.92 Å². The van der Waals surface area contributed by atoms with Gasteiger partial charge in [-0.2, -0.15) is 5.06 Å². The monoisotopic (exact) mass is 229 g/mol. The first-order valence-corrected chi connectivity index (χ1v) is 6.30. The minimum Gasteiger partial charge on any atom is -0.396 e. The van der Waals surface area contributed by atoms with Crippen LogP contribution in [0.1, 0.15) is 39.5 Å². The van der Waals surface area contributed by atoms with Crippen molar-refractivity contribution in [3.05, 3.63) is 0 Å². The minimum absolute atomic E-state index is 0.0671. The van der Waals surface area contributed by atoms with Crippen LogP contribution in [-0.4, -0.2) is 46.2 Å². The van der Waals surface area contributed by atoms with E-state index in [4.69, 9.17) is 9.94 Å². The SMILES string of the molecule is CC(C)(O)[C@@H]1[C@H](CCCO)ON2CCC[C@@H]12. The van der Waals surface area contributed by atoms with Gasteiger partial charge in [-0.15, -0.1) is 0 Å². The van der Waals surface area contributed by atoms with Crippen LogP contribution >= 0.6 is 0 Å². The highest BCUT2D eigenvalue weighted by Crippen LogP contribution is 2.42. The number of fused-ring (bicyclic) bond motifs is 1. The van der Waals surface area contributed by atoms with Gasteiger partial charge in [-0.1, -0.05) is 0 Å². The third-order valence-electron chi connectivity index (χ3n) is 3.80. The summed E-state index contributed by atoms with van der Waals surface area (Å²) in [6.45, 7) is 4.92. The summed E-state index contributed by atoms with van der Waals surface area (Å²) in [4.78, 5) is 5.89. The van der Waals surface area contributed by atoms with E-state index in [1.54, 1.807) is 0 Å². The summed E-state index contributed by atoms with van der Waals surface area (Å²) in [6.07, 6.45) is 3.92. The fourth-order valence-electron chi connectivity index (χ4n) is 3.19. The molecule has 0 aromatic rings. The first-order valence-electron chi connectivity index (χ1n) is 6.30. The van der Waals surface area contributed by atoms with Crippen molar-refractivity contribution in [3.8, 4) is 0 Å². The van der Waals surface area contributed by atoms with E-state index < -0.39 is 5.60 Å². The highest BCUT2D eigenvalue weighted by Gasteiger charge is 2.51. The van der Waals surface area contributed by atoms with E-state index in [1.807, 2.05) is 18.9 Å². The molecule has 0 saturated carbocycles. The van der Waals surface area contributed by atoms with Gasteiger partial charge < -0.3 is 10.2 Å². The molecule has 2 aliphatic rings. The lowest BCUT2D eigenvalue weighted by Crippen LogP contribution is -2.43. The molecule has 0 bridgehead atoms. The second-order valence-corrected chi connectivity index (χ2v) is 5.54. The maximum Gasteiger partial charge on any atom is 0.0865 e. The number of hydrogen-bond acceptors (Lipinski definition) is 4. The molecule has 2 fully saturated rings. The maximum absolute atomic E-state index is 10.3. The molecule has 0 aromatic carbocycles. The summed E-state index contributed by atoms with van der Waals surface area (Å²) in [5.74, 6) is 0.168. The van der Waals surface area contributed by atoms with Crippen LogP contribution in [-0.2, 0) is 4.84 Å². The smallest absolute Gasteiger partial charge is 0.0865 e. The van der Waals surface area contributed by atoms with Crippen LogP contribution in [0.15, 0.2) is 0 Å². The Hall–Kier alpha value is -0.160. The summed E-state index contributed by atoms with van der Waals surface area (Å²) in [5, 5.41) is 21.2. The van der Waals surface area contributed by atoms with Crippen LogP contribution in [0.2, 0.25) is 0 Å². The second-order valence-electron chi connectivity index (χ2n) is 5.54. The van der Waals surface area contributed by atoms with Gasteiger partial charge in [0.1, 0.15) is 0 Å². The van der Waals surface area contributed by atoms with Crippen molar-refractivity contribution >= 4 is 0 Å². The molecule has 0 amide bonds. The average Bonchev–Trinajstić information content (AvgIpc) is 2.70. The van der Waals surface area contributed by atoms with E-state index in [-0.39, 0.29) is 18.6 Å². The van der Waals surface area contributed by atoms with Gasteiger partial charge in [0.15, 0.2) is 0 Å². The zero-order valence-electron chi connectivity index (χ0n) is 10.2. The van der Waals surface area contributed by atoms with Gasteiger partial charge in [0.2, 0.25) is 0 Å². The topological polar surface area (TPSA) is 52.9 Å². The number of hydroxylamine groups is 2. The number of rotatable bonds is 4. The predicted molar refractivity (Wildman–Crippen MR) is 60.7 cm³/mol. The van der Waals surface area contributed by atoms with Gasteiger partial charge >= 0.3 is 0 Å². The van der Waals surface area contributed by atoms with Gasteiger partial charge in [-0.3, -0.25) is 4.84 Å². The molecule has 2 aliphatic heterocycles. The van der Waals surface area contributed by atoms with Crippen LogP contribution in [0.3, 0.4) is 0 Å². The van der Waals surface area contributed by atoms with Gasteiger partial charge in [-0.05, 0) is 39.5 Å². The number of aliphatic hydroxyl groups excluding tert-OH is 1. The van der Waals surface area contributed by atoms with Crippen LogP contribution < -0.4 is 0 Å². The fraction of sp³-hybridized carbons (Fsp3) is 1.00. The molecule has 4 heteroatoms. The summed E-state index contributed by atoms with van der Waals surface area (Å²) in [7, 11) is 0. The lowest BCUT2D eigenvalue weighted by atomic mass is 9.79. The first kappa shape index (κ1) is 12.3.